The SMILES string of the molecule is CCOC(=O)CCCCCCOc1ccc(C)cc1C. The van der Waals surface area contributed by atoms with E-state index in [-0.39, 0.29) is 5.97 Å². The zero-order valence-electron chi connectivity index (χ0n) is 12.9. The summed E-state index contributed by atoms with van der Waals surface area (Å²) < 4.78 is 10.7. The van der Waals surface area contributed by atoms with E-state index in [1.54, 1.807) is 0 Å². The number of aryl methyl sites for hydroxylation is 2. The first kappa shape index (κ1) is 16.5. The predicted octanol–water partition coefficient (Wildman–Crippen LogP) is 4.20. The van der Waals surface area contributed by atoms with Crippen LogP contribution >= 0.6 is 0 Å². The molecule has 0 spiro atoms. The van der Waals surface area contributed by atoms with Crippen molar-refractivity contribution in [2.24, 2.45) is 0 Å². The molecule has 0 radical (unpaired) electrons. The number of carbonyl (C=O) groups excluding carboxylic acids is 1. The van der Waals surface area contributed by atoms with Gasteiger partial charge in [0, 0.05) is 6.42 Å². The van der Waals surface area contributed by atoms with Gasteiger partial charge in [0.05, 0.1) is 13.2 Å². The van der Waals surface area contributed by atoms with Gasteiger partial charge in [0.2, 0.25) is 0 Å². The van der Waals surface area contributed by atoms with Gasteiger partial charge in [0.25, 0.3) is 0 Å². The number of rotatable bonds is 9. The summed E-state index contributed by atoms with van der Waals surface area (Å²) >= 11 is 0. The van der Waals surface area contributed by atoms with Crippen molar-refractivity contribution >= 4 is 5.97 Å². The molecule has 112 valence electrons. The first-order valence-corrected chi connectivity index (χ1v) is 7.49. The molecule has 0 aliphatic carbocycles. The smallest absolute Gasteiger partial charge is 0.305 e. The third-order valence-electron chi connectivity index (χ3n) is 3.17. The second kappa shape index (κ2) is 9.40. The highest BCUT2D eigenvalue weighted by molar-refractivity contribution is 5.69. The number of carbonyl (C=O) groups is 1. The number of unbranched alkanes of at least 4 members (excludes halogenated alkanes) is 3. The highest BCUT2D eigenvalue weighted by Gasteiger charge is 2.01. The minimum atomic E-state index is -0.0842. The summed E-state index contributed by atoms with van der Waals surface area (Å²) in [4.78, 5) is 11.1. The summed E-state index contributed by atoms with van der Waals surface area (Å²) in [6.45, 7) is 7.20. The van der Waals surface area contributed by atoms with E-state index in [1.807, 2.05) is 13.0 Å². The molecule has 3 heteroatoms. The van der Waals surface area contributed by atoms with Gasteiger partial charge in [-0.05, 0) is 45.2 Å². The summed E-state index contributed by atoms with van der Waals surface area (Å²) in [5.41, 5.74) is 2.45. The van der Waals surface area contributed by atoms with E-state index in [9.17, 15) is 4.79 Å². The van der Waals surface area contributed by atoms with Crippen molar-refractivity contribution in [3.05, 3.63) is 29.3 Å². The Hall–Kier alpha value is -1.51. The van der Waals surface area contributed by atoms with Gasteiger partial charge < -0.3 is 9.47 Å². The number of hydrogen-bond donors (Lipinski definition) is 0. The lowest BCUT2D eigenvalue weighted by atomic mass is 10.1. The number of hydrogen-bond acceptors (Lipinski definition) is 3. The van der Waals surface area contributed by atoms with Crippen molar-refractivity contribution in [2.75, 3.05) is 13.2 Å². The Kier molecular flexibility index (Phi) is 7.78. The van der Waals surface area contributed by atoms with E-state index >= 15 is 0 Å². The van der Waals surface area contributed by atoms with Crippen LogP contribution in [-0.2, 0) is 9.53 Å². The molecule has 0 fully saturated rings. The van der Waals surface area contributed by atoms with Crippen molar-refractivity contribution in [3.63, 3.8) is 0 Å². The molecule has 0 saturated heterocycles. The molecule has 0 atom stereocenters. The van der Waals surface area contributed by atoms with Crippen molar-refractivity contribution in [1.82, 2.24) is 0 Å². The van der Waals surface area contributed by atoms with Gasteiger partial charge in [0.1, 0.15) is 5.75 Å². The van der Waals surface area contributed by atoms with Crippen molar-refractivity contribution in [2.45, 2.75) is 52.9 Å². The average Bonchev–Trinajstić information content (AvgIpc) is 2.40. The lowest BCUT2D eigenvalue weighted by Gasteiger charge is -2.09. The van der Waals surface area contributed by atoms with Gasteiger partial charge in [-0.2, -0.15) is 0 Å². The van der Waals surface area contributed by atoms with Crippen molar-refractivity contribution in [3.8, 4) is 5.75 Å². The fourth-order valence-corrected chi connectivity index (χ4v) is 2.10. The minimum absolute atomic E-state index is 0.0842. The van der Waals surface area contributed by atoms with E-state index in [0.717, 1.165) is 38.0 Å². The molecule has 0 N–H and O–H groups in total. The maximum atomic E-state index is 11.1. The van der Waals surface area contributed by atoms with Gasteiger partial charge >= 0.3 is 5.97 Å². The topological polar surface area (TPSA) is 35.5 Å². The fourth-order valence-electron chi connectivity index (χ4n) is 2.10. The van der Waals surface area contributed by atoms with Crippen LogP contribution in [0.3, 0.4) is 0 Å². The summed E-state index contributed by atoms with van der Waals surface area (Å²) in [6, 6.07) is 6.24. The standard InChI is InChI=1S/C17H26O3/c1-4-19-17(18)9-7-5-6-8-12-20-16-11-10-14(2)13-15(16)3/h10-11,13H,4-9,12H2,1-3H3. The summed E-state index contributed by atoms with van der Waals surface area (Å²) in [6.07, 6.45) is 4.60. The molecule has 0 heterocycles. The Labute approximate surface area is 122 Å². The van der Waals surface area contributed by atoms with Crippen LogP contribution in [-0.4, -0.2) is 19.2 Å². The molecule has 0 unspecified atom stereocenters. The fraction of sp³-hybridized carbons (Fsp3) is 0.588. The molecular formula is C17H26O3. The molecule has 0 saturated carbocycles. The molecule has 20 heavy (non-hydrogen) atoms. The Morgan fingerprint density at radius 1 is 1.10 bits per heavy atom. The Morgan fingerprint density at radius 2 is 1.85 bits per heavy atom. The zero-order chi connectivity index (χ0) is 14.8. The van der Waals surface area contributed by atoms with E-state index in [0.29, 0.717) is 13.0 Å². The largest absolute Gasteiger partial charge is 0.493 e. The van der Waals surface area contributed by atoms with Crippen LogP contribution in [0.15, 0.2) is 18.2 Å². The second-order valence-corrected chi connectivity index (χ2v) is 5.09. The average molecular weight is 278 g/mol. The Bertz CT molecular complexity index is 413. The van der Waals surface area contributed by atoms with Crippen LogP contribution in [0, 0.1) is 13.8 Å². The molecule has 0 bridgehead atoms. The molecular weight excluding hydrogens is 252 g/mol. The van der Waals surface area contributed by atoms with Gasteiger partial charge in [-0.1, -0.05) is 30.5 Å². The molecule has 1 rings (SSSR count). The van der Waals surface area contributed by atoms with Crippen LogP contribution in [0.4, 0.5) is 0 Å². The quantitative estimate of drug-likeness (QED) is 0.502. The van der Waals surface area contributed by atoms with Crippen LogP contribution in [0.2, 0.25) is 0 Å². The molecule has 0 amide bonds. The lowest BCUT2D eigenvalue weighted by Crippen LogP contribution is -2.03. The summed E-state index contributed by atoms with van der Waals surface area (Å²) in [5.74, 6) is 0.890. The highest BCUT2D eigenvalue weighted by atomic mass is 16.5. The van der Waals surface area contributed by atoms with Gasteiger partial charge in [-0.15, -0.1) is 0 Å². The van der Waals surface area contributed by atoms with E-state index in [2.05, 4.69) is 26.0 Å². The van der Waals surface area contributed by atoms with Gasteiger partial charge in [-0.25, -0.2) is 0 Å². The van der Waals surface area contributed by atoms with E-state index in [4.69, 9.17) is 9.47 Å². The highest BCUT2D eigenvalue weighted by Crippen LogP contribution is 2.19. The third kappa shape index (κ3) is 6.60. The molecule has 0 aliphatic heterocycles. The Balaban J connectivity index is 2.06. The minimum Gasteiger partial charge on any atom is -0.493 e. The molecule has 0 aliphatic rings. The molecule has 0 aromatic heterocycles. The van der Waals surface area contributed by atoms with Crippen molar-refractivity contribution < 1.29 is 14.3 Å². The predicted molar refractivity (Wildman–Crippen MR) is 81.1 cm³/mol. The van der Waals surface area contributed by atoms with Crippen LogP contribution in [0.25, 0.3) is 0 Å². The monoisotopic (exact) mass is 278 g/mol. The van der Waals surface area contributed by atoms with E-state index in [1.165, 1.54) is 11.1 Å². The van der Waals surface area contributed by atoms with Gasteiger partial charge in [0.15, 0.2) is 0 Å². The molecule has 3 nitrogen and oxygen atoms in total. The molecule has 1 aromatic rings. The normalized spacial score (nSPS) is 10.3. The lowest BCUT2D eigenvalue weighted by molar-refractivity contribution is -0.143. The van der Waals surface area contributed by atoms with Crippen LogP contribution < -0.4 is 4.74 Å². The van der Waals surface area contributed by atoms with Crippen molar-refractivity contribution in [1.29, 1.82) is 0 Å². The summed E-state index contributed by atoms with van der Waals surface area (Å²) in [7, 11) is 0. The zero-order valence-corrected chi connectivity index (χ0v) is 12.9. The number of esters is 1. The first-order chi connectivity index (χ1) is 9.63. The summed E-state index contributed by atoms with van der Waals surface area (Å²) in [5, 5.41) is 0. The first-order valence-electron chi connectivity index (χ1n) is 7.49. The van der Waals surface area contributed by atoms with Crippen LogP contribution in [0.1, 0.15) is 50.2 Å². The Morgan fingerprint density at radius 3 is 2.55 bits per heavy atom. The second-order valence-electron chi connectivity index (χ2n) is 5.09. The van der Waals surface area contributed by atoms with Crippen LogP contribution in [0.5, 0.6) is 5.75 Å². The van der Waals surface area contributed by atoms with E-state index < -0.39 is 0 Å². The number of ether oxygens (including phenoxy) is 2. The third-order valence-corrected chi connectivity index (χ3v) is 3.17. The maximum Gasteiger partial charge on any atom is 0.305 e. The maximum absolute atomic E-state index is 11.1. The number of benzene rings is 1. The van der Waals surface area contributed by atoms with Gasteiger partial charge in [-0.3, -0.25) is 4.79 Å². The molecule has 1 aromatic carbocycles.